The number of amides is 1. The minimum Gasteiger partial charge on any atom is -0.496 e. The molecule has 1 aliphatic carbocycles. The average Bonchev–Trinajstić information content (AvgIpc) is 3.22. The first-order valence-corrected chi connectivity index (χ1v) is 12.5. The molecule has 0 bridgehead atoms. The van der Waals surface area contributed by atoms with Gasteiger partial charge in [-0.1, -0.05) is 26.8 Å². The highest BCUT2D eigenvalue weighted by molar-refractivity contribution is 5.97. The summed E-state index contributed by atoms with van der Waals surface area (Å²) in [6.07, 6.45) is -1.70. The van der Waals surface area contributed by atoms with E-state index in [1.165, 1.54) is 17.9 Å². The molecule has 0 spiro atoms. The summed E-state index contributed by atoms with van der Waals surface area (Å²) in [7, 11) is 1.40. The molecule has 0 unspecified atom stereocenters. The van der Waals surface area contributed by atoms with Gasteiger partial charge in [-0.3, -0.25) is 9.48 Å². The van der Waals surface area contributed by atoms with Crippen LogP contribution in [0.5, 0.6) is 5.75 Å². The van der Waals surface area contributed by atoms with Crippen LogP contribution in [0.2, 0.25) is 0 Å². The zero-order valence-electron chi connectivity index (χ0n) is 22.0. The number of nitriles is 1. The first-order valence-electron chi connectivity index (χ1n) is 12.5. The van der Waals surface area contributed by atoms with Gasteiger partial charge < -0.3 is 15.2 Å². The van der Waals surface area contributed by atoms with Crippen LogP contribution in [0.15, 0.2) is 18.2 Å². The molecule has 1 fully saturated rings. The predicted octanol–water partition coefficient (Wildman–Crippen LogP) is 5.25. The molecule has 1 heterocycles. The number of benzene rings is 1. The molecule has 0 aliphatic heterocycles. The van der Waals surface area contributed by atoms with Gasteiger partial charge in [-0.2, -0.15) is 23.5 Å². The number of aromatic nitrogens is 2. The zero-order valence-corrected chi connectivity index (χ0v) is 22.0. The number of hydrogen-bond donors (Lipinski definition) is 2. The van der Waals surface area contributed by atoms with Crippen molar-refractivity contribution in [2.24, 2.45) is 11.3 Å². The molecule has 37 heavy (non-hydrogen) atoms. The first kappa shape index (κ1) is 28.5. The lowest BCUT2D eigenvalue weighted by molar-refractivity contribution is -0.211. The molecule has 1 saturated carbocycles. The van der Waals surface area contributed by atoms with Crippen molar-refractivity contribution < 1.29 is 27.8 Å². The number of nitrogens with zero attached hydrogens (tertiary/aromatic N) is 3. The molecule has 202 valence electrons. The normalized spacial score (nSPS) is 20.4. The maximum atomic E-state index is 13.4. The van der Waals surface area contributed by atoms with Gasteiger partial charge in [0.15, 0.2) is 5.69 Å². The Bertz CT molecular complexity index is 1170. The Kier molecular flexibility index (Phi) is 8.27. The second kappa shape index (κ2) is 10.7. The zero-order chi connectivity index (χ0) is 27.6. The topological polar surface area (TPSA) is 100 Å². The SMILES string of the molecule is CCn1nc(C(=O)NCC2(O)CCC(C)CC2)c(C#N)c1-c1ccc(CC(C)(C)C(F)(F)F)cc1OC. The molecule has 0 radical (unpaired) electrons. The molecule has 1 aromatic carbocycles. The summed E-state index contributed by atoms with van der Waals surface area (Å²) in [5.74, 6) is 0.239. The second-order valence-corrected chi connectivity index (χ2v) is 10.7. The molecule has 2 N–H and O–H groups in total. The molecule has 1 amide bonds. The molecule has 0 atom stereocenters. The summed E-state index contributed by atoms with van der Waals surface area (Å²) < 4.78 is 47.2. The Hall–Kier alpha value is -3.06. The van der Waals surface area contributed by atoms with Gasteiger partial charge in [0.25, 0.3) is 5.91 Å². The number of hydrogen-bond acceptors (Lipinski definition) is 5. The Labute approximate surface area is 215 Å². The van der Waals surface area contributed by atoms with Gasteiger partial charge in [-0.05, 0) is 62.6 Å². The van der Waals surface area contributed by atoms with Crippen LogP contribution in [-0.4, -0.2) is 46.2 Å². The van der Waals surface area contributed by atoms with E-state index >= 15 is 0 Å². The maximum absolute atomic E-state index is 13.4. The molecule has 0 saturated heterocycles. The number of aryl methyl sites for hydroxylation is 1. The van der Waals surface area contributed by atoms with E-state index in [9.17, 15) is 28.3 Å². The van der Waals surface area contributed by atoms with Crippen LogP contribution >= 0.6 is 0 Å². The average molecular weight is 521 g/mol. The number of rotatable bonds is 8. The number of alkyl halides is 3. The van der Waals surface area contributed by atoms with Gasteiger partial charge in [0.2, 0.25) is 0 Å². The van der Waals surface area contributed by atoms with E-state index in [2.05, 4.69) is 23.4 Å². The van der Waals surface area contributed by atoms with Crippen molar-refractivity contribution in [3.63, 3.8) is 0 Å². The number of ether oxygens (including phenoxy) is 1. The number of carbonyl (C=O) groups is 1. The number of nitrogens with one attached hydrogen (secondary N) is 1. The fourth-order valence-electron chi connectivity index (χ4n) is 4.69. The third-order valence-corrected chi connectivity index (χ3v) is 7.30. The van der Waals surface area contributed by atoms with E-state index in [1.807, 2.05) is 0 Å². The Morgan fingerprint density at radius 3 is 2.51 bits per heavy atom. The largest absolute Gasteiger partial charge is 0.496 e. The Balaban J connectivity index is 1.93. The molecule has 1 aliphatic rings. The Morgan fingerprint density at radius 1 is 1.32 bits per heavy atom. The van der Waals surface area contributed by atoms with Crippen molar-refractivity contribution in [3.05, 3.63) is 35.0 Å². The van der Waals surface area contributed by atoms with Gasteiger partial charge in [-0.25, -0.2) is 0 Å². The van der Waals surface area contributed by atoms with Crippen molar-refractivity contribution in [3.8, 4) is 23.1 Å². The fourth-order valence-corrected chi connectivity index (χ4v) is 4.69. The van der Waals surface area contributed by atoms with Crippen molar-refractivity contribution in [2.75, 3.05) is 13.7 Å². The number of methoxy groups -OCH3 is 1. The van der Waals surface area contributed by atoms with Gasteiger partial charge >= 0.3 is 6.18 Å². The summed E-state index contributed by atoms with van der Waals surface area (Å²) in [6, 6.07) is 6.75. The highest BCUT2D eigenvalue weighted by Gasteiger charge is 2.47. The lowest BCUT2D eigenvalue weighted by Gasteiger charge is -2.34. The van der Waals surface area contributed by atoms with Crippen LogP contribution in [0.3, 0.4) is 0 Å². The van der Waals surface area contributed by atoms with Crippen LogP contribution < -0.4 is 10.1 Å². The molecule has 2 aromatic rings. The number of halogens is 3. The van der Waals surface area contributed by atoms with Crippen molar-refractivity contribution in [2.45, 2.75) is 78.1 Å². The van der Waals surface area contributed by atoms with Gasteiger partial charge in [0, 0.05) is 18.7 Å². The Morgan fingerprint density at radius 2 is 1.97 bits per heavy atom. The van der Waals surface area contributed by atoms with E-state index in [1.54, 1.807) is 19.1 Å². The molecule has 3 rings (SSSR count). The summed E-state index contributed by atoms with van der Waals surface area (Å²) in [6.45, 7) is 6.62. The van der Waals surface area contributed by atoms with Crippen molar-refractivity contribution in [1.29, 1.82) is 5.26 Å². The number of aliphatic hydroxyl groups is 1. The van der Waals surface area contributed by atoms with E-state index in [0.29, 0.717) is 42.1 Å². The number of carbonyl (C=O) groups excluding carboxylic acids is 1. The van der Waals surface area contributed by atoms with Crippen LogP contribution in [0.4, 0.5) is 13.2 Å². The van der Waals surface area contributed by atoms with Crippen LogP contribution in [0.25, 0.3) is 11.3 Å². The summed E-state index contributed by atoms with van der Waals surface area (Å²) in [5, 5.41) is 27.9. The molecule has 10 heteroatoms. The van der Waals surface area contributed by atoms with Crippen LogP contribution in [0, 0.1) is 22.7 Å². The van der Waals surface area contributed by atoms with Crippen molar-refractivity contribution in [1.82, 2.24) is 15.1 Å². The fraction of sp³-hybridized carbons (Fsp3) is 0.593. The van der Waals surface area contributed by atoms with E-state index in [-0.39, 0.29) is 30.0 Å². The standard InChI is InChI=1S/C27H35F3N4O3/c1-6-34-23(19-8-7-18(13-21(19)37-5)14-25(3,4)27(28,29)30)20(15-31)22(33-34)24(35)32-16-26(36)11-9-17(2)10-12-26/h7-8,13,17,36H,6,9-12,14,16H2,1-5H3,(H,32,35). The summed E-state index contributed by atoms with van der Waals surface area (Å²) >= 11 is 0. The monoisotopic (exact) mass is 520 g/mol. The highest BCUT2D eigenvalue weighted by Crippen LogP contribution is 2.42. The lowest BCUT2D eigenvalue weighted by Crippen LogP contribution is -2.45. The predicted molar refractivity (Wildman–Crippen MR) is 133 cm³/mol. The van der Waals surface area contributed by atoms with Crippen molar-refractivity contribution >= 4 is 5.91 Å². The molecular weight excluding hydrogens is 485 g/mol. The third-order valence-electron chi connectivity index (χ3n) is 7.30. The minimum atomic E-state index is -4.38. The summed E-state index contributed by atoms with van der Waals surface area (Å²) in [5.41, 5.74) is -1.75. The van der Waals surface area contributed by atoms with E-state index in [4.69, 9.17) is 4.74 Å². The van der Waals surface area contributed by atoms with Gasteiger partial charge in [0.05, 0.1) is 23.8 Å². The quantitative estimate of drug-likeness (QED) is 0.495. The molecular formula is C27H35F3N4O3. The smallest absolute Gasteiger partial charge is 0.394 e. The minimum absolute atomic E-state index is 0.0327. The van der Waals surface area contributed by atoms with Gasteiger partial charge in [0.1, 0.15) is 17.4 Å². The highest BCUT2D eigenvalue weighted by atomic mass is 19.4. The second-order valence-electron chi connectivity index (χ2n) is 10.7. The third kappa shape index (κ3) is 6.09. The maximum Gasteiger partial charge on any atom is 0.394 e. The van der Waals surface area contributed by atoms with Crippen LogP contribution in [-0.2, 0) is 13.0 Å². The van der Waals surface area contributed by atoms with Crippen LogP contribution in [0.1, 0.15) is 75.0 Å². The lowest BCUT2D eigenvalue weighted by atomic mass is 9.79. The van der Waals surface area contributed by atoms with E-state index in [0.717, 1.165) is 26.7 Å². The van der Waals surface area contributed by atoms with Gasteiger partial charge in [-0.15, -0.1) is 0 Å². The molecule has 1 aromatic heterocycles. The summed E-state index contributed by atoms with van der Waals surface area (Å²) in [4.78, 5) is 13.1. The first-order chi connectivity index (χ1) is 17.2. The molecule has 7 nitrogen and oxygen atoms in total. The van der Waals surface area contributed by atoms with E-state index < -0.39 is 23.1 Å².